The normalized spacial score (nSPS) is 11.2. The molecule has 0 unspecified atom stereocenters. The second kappa shape index (κ2) is 6.10. The molecule has 0 aromatic heterocycles. The van der Waals surface area contributed by atoms with Gasteiger partial charge >= 0.3 is 0 Å². The summed E-state index contributed by atoms with van der Waals surface area (Å²) in [5, 5.41) is 6.73. The van der Waals surface area contributed by atoms with Gasteiger partial charge in [-0.2, -0.15) is 0 Å². The van der Waals surface area contributed by atoms with Crippen molar-refractivity contribution in [3.8, 4) is 0 Å². The summed E-state index contributed by atoms with van der Waals surface area (Å²) in [4.78, 5) is 11.7. The van der Waals surface area contributed by atoms with Crippen molar-refractivity contribution in [1.82, 2.24) is 5.32 Å². The minimum absolute atomic E-state index is 0.0152. The lowest BCUT2D eigenvalue weighted by molar-refractivity contribution is -0.121. The number of carbonyl (C=O) groups excluding carboxylic acids is 1. The first-order valence-electron chi connectivity index (χ1n) is 6.15. The summed E-state index contributed by atoms with van der Waals surface area (Å²) in [6.45, 7) is 8.26. The van der Waals surface area contributed by atoms with Crippen LogP contribution in [0.4, 0.5) is 5.69 Å². The number of hydrogen-bond acceptors (Lipinski definition) is 2. The van der Waals surface area contributed by atoms with Crippen LogP contribution in [-0.2, 0) is 4.79 Å². The molecule has 2 N–H and O–H groups in total. The van der Waals surface area contributed by atoms with Crippen LogP contribution in [0.2, 0.25) is 5.02 Å². The van der Waals surface area contributed by atoms with Crippen LogP contribution in [0.5, 0.6) is 0 Å². The van der Waals surface area contributed by atoms with Gasteiger partial charge in [-0.25, -0.2) is 0 Å². The Bertz CT molecular complexity index is 430. The number of halogens is 1. The zero-order valence-electron chi connectivity index (χ0n) is 11.4. The van der Waals surface area contributed by atoms with Crippen molar-refractivity contribution in [2.24, 2.45) is 0 Å². The quantitative estimate of drug-likeness (QED) is 0.860. The van der Waals surface area contributed by atoms with E-state index in [1.807, 2.05) is 45.9 Å². The third-order valence-electron chi connectivity index (χ3n) is 2.99. The molecule has 1 amide bonds. The Balaban J connectivity index is 2.50. The lowest BCUT2D eigenvalue weighted by atomic mass is 10.0. The van der Waals surface area contributed by atoms with Crippen molar-refractivity contribution in [3.05, 3.63) is 28.8 Å². The predicted molar refractivity (Wildman–Crippen MR) is 77.2 cm³/mol. The molecular formula is C14H21ClN2O. The lowest BCUT2D eigenvalue weighted by Gasteiger charge is -2.24. The molecule has 0 heterocycles. The van der Waals surface area contributed by atoms with Crippen LogP contribution in [0.25, 0.3) is 0 Å². The predicted octanol–water partition coefficient (Wildman–Crippen LogP) is 3.37. The fourth-order valence-corrected chi connectivity index (χ4v) is 1.58. The molecule has 3 nitrogen and oxygen atoms in total. The first kappa shape index (κ1) is 14.8. The minimum Gasteiger partial charge on any atom is -0.376 e. The zero-order valence-corrected chi connectivity index (χ0v) is 12.2. The summed E-state index contributed by atoms with van der Waals surface area (Å²) < 4.78 is 0. The van der Waals surface area contributed by atoms with Gasteiger partial charge in [-0.15, -0.1) is 0 Å². The highest BCUT2D eigenvalue weighted by atomic mass is 35.5. The van der Waals surface area contributed by atoms with Gasteiger partial charge in [-0.05, 0) is 44.9 Å². The first-order chi connectivity index (χ1) is 8.34. The average molecular weight is 269 g/mol. The second-order valence-electron chi connectivity index (χ2n) is 5.10. The minimum atomic E-state index is -0.163. The number of aryl methyl sites for hydroxylation is 1. The standard InChI is InChI=1S/C14H21ClN2O/c1-5-14(3,4)17-13(18)9-16-11-7-6-10(2)12(15)8-11/h6-8,16H,5,9H2,1-4H3,(H,17,18). The Labute approximate surface area is 114 Å². The van der Waals surface area contributed by atoms with Gasteiger partial charge in [0.05, 0.1) is 6.54 Å². The molecule has 0 aliphatic heterocycles. The van der Waals surface area contributed by atoms with Gasteiger partial charge in [0.15, 0.2) is 0 Å². The van der Waals surface area contributed by atoms with Crippen LogP contribution in [0.1, 0.15) is 32.8 Å². The Morgan fingerprint density at radius 1 is 1.39 bits per heavy atom. The van der Waals surface area contributed by atoms with Crippen molar-refractivity contribution in [2.45, 2.75) is 39.7 Å². The van der Waals surface area contributed by atoms with Crippen LogP contribution in [0.15, 0.2) is 18.2 Å². The van der Waals surface area contributed by atoms with Gasteiger partial charge < -0.3 is 10.6 Å². The fraction of sp³-hybridized carbons (Fsp3) is 0.500. The van der Waals surface area contributed by atoms with Crippen LogP contribution in [-0.4, -0.2) is 18.0 Å². The maximum atomic E-state index is 11.7. The Morgan fingerprint density at radius 3 is 2.61 bits per heavy atom. The summed E-state index contributed by atoms with van der Waals surface area (Å²) in [5.41, 5.74) is 1.72. The molecule has 0 radical (unpaired) electrons. The highest BCUT2D eigenvalue weighted by Crippen LogP contribution is 2.19. The molecule has 18 heavy (non-hydrogen) atoms. The fourth-order valence-electron chi connectivity index (χ4n) is 1.40. The molecule has 0 atom stereocenters. The molecule has 1 rings (SSSR count). The molecule has 0 saturated carbocycles. The maximum Gasteiger partial charge on any atom is 0.239 e. The van der Waals surface area contributed by atoms with E-state index in [1.54, 1.807) is 0 Å². The number of nitrogens with one attached hydrogen (secondary N) is 2. The first-order valence-corrected chi connectivity index (χ1v) is 6.53. The molecule has 0 aliphatic rings. The highest BCUT2D eigenvalue weighted by molar-refractivity contribution is 6.31. The van der Waals surface area contributed by atoms with E-state index in [9.17, 15) is 4.79 Å². The number of hydrogen-bond donors (Lipinski definition) is 2. The largest absolute Gasteiger partial charge is 0.376 e. The van der Waals surface area contributed by atoms with Crippen molar-refractivity contribution >= 4 is 23.2 Å². The summed E-state index contributed by atoms with van der Waals surface area (Å²) >= 11 is 6.02. The average Bonchev–Trinajstić information content (AvgIpc) is 2.30. The lowest BCUT2D eigenvalue weighted by Crippen LogP contribution is -2.45. The summed E-state index contributed by atoms with van der Waals surface area (Å²) in [6.07, 6.45) is 0.898. The van der Waals surface area contributed by atoms with Gasteiger partial charge in [0.25, 0.3) is 0 Å². The topological polar surface area (TPSA) is 41.1 Å². The van der Waals surface area contributed by atoms with E-state index in [0.29, 0.717) is 5.02 Å². The Morgan fingerprint density at radius 2 is 2.06 bits per heavy atom. The molecular weight excluding hydrogens is 248 g/mol. The van der Waals surface area contributed by atoms with E-state index in [4.69, 9.17) is 11.6 Å². The maximum absolute atomic E-state index is 11.7. The van der Waals surface area contributed by atoms with Crippen LogP contribution in [0, 0.1) is 6.92 Å². The molecule has 100 valence electrons. The number of carbonyl (C=O) groups is 1. The number of anilines is 1. The Hall–Kier alpha value is -1.22. The van der Waals surface area contributed by atoms with Crippen molar-refractivity contribution in [3.63, 3.8) is 0 Å². The number of rotatable bonds is 5. The van der Waals surface area contributed by atoms with E-state index in [2.05, 4.69) is 10.6 Å². The van der Waals surface area contributed by atoms with Crippen LogP contribution < -0.4 is 10.6 Å². The van der Waals surface area contributed by atoms with Gasteiger partial charge in [-0.3, -0.25) is 4.79 Å². The summed E-state index contributed by atoms with van der Waals surface area (Å²) in [7, 11) is 0. The molecule has 1 aromatic rings. The molecule has 0 aliphatic carbocycles. The molecule has 0 fully saturated rings. The van der Waals surface area contributed by atoms with Gasteiger partial charge in [0.1, 0.15) is 0 Å². The third-order valence-corrected chi connectivity index (χ3v) is 3.39. The Kier molecular flexibility index (Phi) is 5.03. The number of benzene rings is 1. The highest BCUT2D eigenvalue weighted by Gasteiger charge is 2.17. The van der Waals surface area contributed by atoms with E-state index < -0.39 is 0 Å². The second-order valence-corrected chi connectivity index (χ2v) is 5.51. The monoisotopic (exact) mass is 268 g/mol. The van der Waals surface area contributed by atoms with Crippen molar-refractivity contribution in [2.75, 3.05) is 11.9 Å². The molecule has 4 heteroatoms. The van der Waals surface area contributed by atoms with E-state index in [1.165, 1.54) is 0 Å². The molecule has 0 spiro atoms. The van der Waals surface area contributed by atoms with E-state index in [0.717, 1.165) is 17.7 Å². The smallest absolute Gasteiger partial charge is 0.239 e. The summed E-state index contributed by atoms with van der Waals surface area (Å²) in [6, 6.07) is 5.67. The van der Waals surface area contributed by atoms with Gasteiger partial charge in [-0.1, -0.05) is 24.6 Å². The molecule has 1 aromatic carbocycles. The zero-order chi connectivity index (χ0) is 13.8. The van der Waals surface area contributed by atoms with E-state index in [-0.39, 0.29) is 18.0 Å². The van der Waals surface area contributed by atoms with Crippen LogP contribution >= 0.6 is 11.6 Å². The van der Waals surface area contributed by atoms with Crippen LogP contribution in [0.3, 0.4) is 0 Å². The summed E-state index contributed by atoms with van der Waals surface area (Å²) in [5.74, 6) is -0.0152. The van der Waals surface area contributed by atoms with Gasteiger partial charge in [0, 0.05) is 16.2 Å². The number of amides is 1. The van der Waals surface area contributed by atoms with Crippen molar-refractivity contribution in [1.29, 1.82) is 0 Å². The molecule has 0 bridgehead atoms. The third kappa shape index (κ3) is 4.57. The van der Waals surface area contributed by atoms with E-state index >= 15 is 0 Å². The van der Waals surface area contributed by atoms with Crippen molar-refractivity contribution < 1.29 is 4.79 Å². The molecule has 0 saturated heterocycles. The SMILES string of the molecule is CCC(C)(C)NC(=O)CNc1ccc(C)c(Cl)c1. The van der Waals surface area contributed by atoms with Gasteiger partial charge in [0.2, 0.25) is 5.91 Å².